The highest BCUT2D eigenvalue weighted by atomic mass is 79.9. The maximum Gasteiger partial charge on any atom is 0.329 e. The largest absolute Gasteiger partial charge is 0.464 e. The smallest absolute Gasteiger partial charge is 0.329 e. The van der Waals surface area contributed by atoms with E-state index in [1.807, 2.05) is 0 Å². The third-order valence-corrected chi connectivity index (χ3v) is 3.48. The van der Waals surface area contributed by atoms with Crippen molar-refractivity contribution < 1.29 is 9.53 Å². The van der Waals surface area contributed by atoms with Crippen molar-refractivity contribution in [1.29, 1.82) is 0 Å². The molecule has 108 valence electrons. The molecule has 0 saturated heterocycles. The zero-order chi connectivity index (χ0) is 15.0. The second-order valence-electron chi connectivity index (χ2n) is 4.17. The predicted molar refractivity (Wildman–Crippen MR) is 74.6 cm³/mol. The minimum Gasteiger partial charge on any atom is -0.464 e. The number of imidazole rings is 1. The van der Waals surface area contributed by atoms with Gasteiger partial charge in [-0.25, -0.2) is 14.6 Å². The molecule has 2 aromatic rings. The highest BCUT2D eigenvalue weighted by Crippen LogP contribution is 2.22. The van der Waals surface area contributed by atoms with Crippen LogP contribution in [-0.4, -0.2) is 31.7 Å². The minimum absolute atomic E-state index is 0.138. The molecule has 2 heterocycles. The van der Waals surface area contributed by atoms with Crippen molar-refractivity contribution in [2.45, 2.75) is 19.9 Å². The van der Waals surface area contributed by atoms with Crippen LogP contribution in [0.15, 0.2) is 14.3 Å². The second-order valence-corrected chi connectivity index (χ2v) is 4.88. The van der Waals surface area contributed by atoms with Gasteiger partial charge in [-0.2, -0.15) is 0 Å². The van der Waals surface area contributed by atoms with Crippen LogP contribution < -0.4 is 11.2 Å². The van der Waals surface area contributed by atoms with Crippen LogP contribution in [0.3, 0.4) is 0 Å². The van der Waals surface area contributed by atoms with Crippen molar-refractivity contribution in [2.24, 2.45) is 7.05 Å². The molecule has 9 heteroatoms. The Labute approximate surface area is 121 Å². The molecule has 8 nitrogen and oxygen atoms in total. The number of nitrogens with zero attached hydrogens (tertiary/aromatic N) is 3. The normalized spacial score (nSPS) is 12.6. The van der Waals surface area contributed by atoms with Crippen molar-refractivity contribution in [3.8, 4) is 0 Å². The van der Waals surface area contributed by atoms with E-state index in [-0.39, 0.29) is 22.5 Å². The van der Waals surface area contributed by atoms with Gasteiger partial charge in [0.15, 0.2) is 15.9 Å². The van der Waals surface area contributed by atoms with Crippen LogP contribution >= 0.6 is 15.9 Å². The topological polar surface area (TPSA) is 99.0 Å². The van der Waals surface area contributed by atoms with Crippen molar-refractivity contribution >= 4 is 33.1 Å². The van der Waals surface area contributed by atoms with Crippen molar-refractivity contribution in [3.63, 3.8) is 0 Å². The highest BCUT2D eigenvalue weighted by molar-refractivity contribution is 9.10. The third kappa shape index (κ3) is 2.17. The van der Waals surface area contributed by atoms with Crippen molar-refractivity contribution in [1.82, 2.24) is 19.1 Å². The van der Waals surface area contributed by atoms with Crippen molar-refractivity contribution in [3.05, 3.63) is 25.6 Å². The van der Waals surface area contributed by atoms with Gasteiger partial charge in [0.2, 0.25) is 0 Å². The lowest BCUT2D eigenvalue weighted by molar-refractivity contribution is -0.146. The van der Waals surface area contributed by atoms with E-state index >= 15 is 0 Å². The Morgan fingerprint density at radius 1 is 1.50 bits per heavy atom. The average molecular weight is 345 g/mol. The summed E-state index contributed by atoms with van der Waals surface area (Å²) in [6.07, 6.45) is 0. The lowest BCUT2D eigenvalue weighted by atomic mass is 10.3. The molecule has 0 bridgehead atoms. The van der Waals surface area contributed by atoms with E-state index in [0.29, 0.717) is 0 Å². The number of H-pyrrole nitrogens is 1. The summed E-state index contributed by atoms with van der Waals surface area (Å²) >= 11 is 3.20. The number of fused-ring (bicyclic) bond motifs is 1. The molecule has 0 aromatic carbocycles. The van der Waals surface area contributed by atoms with Crippen LogP contribution in [0.5, 0.6) is 0 Å². The number of aromatic nitrogens is 4. The van der Waals surface area contributed by atoms with Gasteiger partial charge < -0.3 is 4.74 Å². The molecule has 2 rings (SSSR count). The molecule has 0 saturated carbocycles. The molecule has 20 heavy (non-hydrogen) atoms. The lowest BCUT2D eigenvalue weighted by Crippen LogP contribution is -2.30. The Balaban J connectivity index is 2.75. The Kier molecular flexibility index (Phi) is 3.80. The first-order chi connectivity index (χ1) is 9.38. The van der Waals surface area contributed by atoms with E-state index in [1.54, 1.807) is 13.8 Å². The number of carbonyl (C=O) groups excluding carboxylic acids is 1. The summed E-state index contributed by atoms with van der Waals surface area (Å²) in [5.41, 5.74) is -0.831. The summed E-state index contributed by atoms with van der Waals surface area (Å²) in [5, 5.41) is 0. The van der Waals surface area contributed by atoms with Crippen LogP contribution in [-0.2, 0) is 16.6 Å². The van der Waals surface area contributed by atoms with Crippen molar-refractivity contribution in [2.75, 3.05) is 6.61 Å². The van der Waals surface area contributed by atoms with E-state index < -0.39 is 23.3 Å². The number of rotatable bonds is 3. The molecular formula is C11H13BrN4O4. The summed E-state index contributed by atoms with van der Waals surface area (Å²) in [4.78, 5) is 41.6. The third-order valence-electron chi connectivity index (χ3n) is 2.92. The molecule has 0 amide bonds. The van der Waals surface area contributed by atoms with Crippen LogP contribution in [0.2, 0.25) is 0 Å². The Hall–Kier alpha value is -1.90. The number of carbonyl (C=O) groups is 1. The minimum atomic E-state index is -0.743. The summed E-state index contributed by atoms with van der Waals surface area (Å²) in [6, 6.07) is -0.743. The average Bonchev–Trinajstić information content (AvgIpc) is 2.73. The van der Waals surface area contributed by atoms with E-state index in [1.165, 1.54) is 16.2 Å². The Bertz CT molecular complexity index is 788. The first-order valence-corrected chi connectivity index (χ1v) is 6.71. The maximum atomic E-state index is 12.0. The summed E-state index contributed by atoms with van der Waals surface area (Å²) in [6.45, 7) is 3.53. The molecule has 0 unspecified atom stereocenters. The Morgan fingerprint density at radius 3 is 2.75 bits per heavy atom. The quantitative estimate of drug-likeness (QED) is 0.638. The molecule has 0 aliphatic rings. The van der Waals surface area contributed by atoms with Gasteiger partial charge in [-0.15, -0.1) is 0 Å². The van der Waals surface area contributed by atoms with E-state index in [9.17, 15) is 14.4 Å². The predicted octanol–water partition coefficient (Wildman–Crippen LogP) is 0.310. The monoisotopic (exact) mass is 344 g/mol. The first-order valence-electron chi connectivity index (χ1n) is 5.91. The standard InChI is InChI=1S/C11H13BrN4O4/c1-4-20-9(18)5(2)16-6-7(13-10(16)12)15(3)11(19)14-8(6)17/h5H,4H2,1-3H3,(H,14,17,19)/t5-/m0/s1. The molecule has 1 atom stereocenters. The van der Waals surface area contributed by atoms with Gasteiger partial charge in [-0.3, -0.25) is 18.9 Å². The van der Waals surface area contributed by atoms with Gasteiger partial charge in [0.05, 0.1) is 6.61 Å². The maximum absolute atomic E-state index is 12.0. The molecule has 0 aliphatic heterocycles. The fourth-order valence-corrected chi connectivity index (χ4v) is 2.55. The number of aryl methyl sites for hydroxylation is 1. The number of aromatic amines is 1. The summed E-state index contributed by atoms with van der Waals surface area (Å²) < 4.78 is 7.81. The second kappa shape index (κ2) is 5.23. The Morgan fingerprint density at radius 2 is 2.15 bits per heavy atom. The number of nitrogens with one attached hydrogen (secondary N) is 1. The fourth-order valence-electron chi connectivity index (χ4n) is 1.90. The molecule has 2 aromatic heterocycles. The van der Waals surface area contributed by atoms with E-state index in [0.717, 1.165) is 0 Å². The van der Waals surface area contributed by atoms with Gasteiger partial charge in [0, 0.05) is 7.05 Å². The summed E-state index contributed by atoms with van der Waals surface area (Å²) in [7, 11) is 1.49. The van der Waals surface area contributed by atoms with Crippen LogP contribution in [0.1, 0.15) is 19.9 Å². The van der Waals surface area contributed by atoms with Gasteiger partial charge in [-0.1, -0.05) is 0 Å². The van der Waals surface area contributed by atoms with Crippen LogP contribution in [0, 0.1) is 0 Å². The molecule has 1 N–H and O–H groups in total. The zero-order valence-corrected chi connectivity index (χ0v) is 12.7. The first kappa shape index (κ1) is 14.5. The number of halogens is 1. The lowest BCUT2D eigenvalue weighted by Gasteiger charge is -2.13. The van der Waals surface area contributed by atoms with Gasteiger partial charge >= 0.3 is 11.7 Å². The highest BCUT2D eigenvalue weighted by Gasteiger charge is 2.24. The van der Waals surface area contributed by atoms with Gasteiger partial charge in [0.25, 0.3) is 5.56 Å². The molecule has 0 radical (unpaired) electrons. The van der Waals surface area contributed by atoms with Gasteiger partial charge in [-0.05, 0) is 29.8 Å². The zero-order valence-electron chi connectivity index (χ0n) is 11.1. The van der Waals surface area contributed by atoms with E-state index in [4.69, 9.17) is 4.74 Å². The number of ether oxygens (including phenoxy) is 1. The summed E-state index contributed by atoms with van der Waals surface area (Å²) in [5.74, 6) is -0.485. The number of hydrogen-bond donors (Lipinski definition) is 1. The molecular weight excluding hydrogens is 332 g/mol. The fraction of sp³-hybridized carbons (Fsp3) is 0.455. The van der Waals surface area contributed by atoms with Crippen LogP contribution in [0.25, 0.3) is 11.2 Å². The number of hydrogen-bond acceptors (Lipinski definition) is 5. The molecule has 0 fully saturated rings. The van der Waals surface area contributed by atoms with E-state index in [2.05, 4.69) is 25.9 Å². The molecule has 0 aliphatic carbocycles. The van der Waals surface area contributed by atoms with Crippen LogP contribution in [0.4, 0.5) is 0 Å². The van der Waals surface area contributed by atoms with Gasteiger partial charge in [0.1, 0.15) is 6.04 Å². The SMILES string of the molecule is CCOC(=O)[C@H](C)n1c(Br)nc2c1c(=O)[nH]c(=O)n2C. The molecule has 0 spiro atoms. The number of esters is 1.